The lowest BCUT2D eigenvalue weighted by molar-refractivity contribution is -0.121. The molecule has 1 rings (SSSR count). The van der Waals surface area contributed by atoms with E-state index in [1.54, 1.807) is 0 Å². The number of hydrogen-bond donors (Lipinski definition) is 1. The van der Waals surface area contributed by atoms with E-state index in [9.17, 15) is 13.2 Å². The maximum Gasteiger partial charge on any atom is 0.232 e. The van der Waals surface area contributed by atoms with E-state index in [1.165, 1.54) is 10.6 Å². The highest BCUT2D eigenvalue weighted by atomic mass is 32.2. The highest BCUT2D eigenvalue weighted by molar-refractivity contribution is 7.92. The standard InChI is InChI=1S/C17H28N2O3S/c1-6-15(4)18-17(20)8-7-9-19(23(5,21)22)16-11-13(2)10-14(3)12-16/h10-12,15H,6-9H2,1-5H3,(H,18,20)/t15-/m1/s1. The van der Waals surface area contributed by atoms with E-state index >= 15 is 0 Å². The fourth-order valence-electron chi connectivity index (χ4n) is 2.41. The quantitative estimate of drug-likeness (QED) is 0.791. The second kappa shape index (κ2) is 8.34. The molecular weight excluding hydrogens is 312 g/mol. The zero-order valence-corrected chi connectivity index (χ0v) is 15.5. The van der Waals surface area contributed by atoms with Crippen molar-refractivity contribution in [2.75, 3.05) is 17.1 Å². The molecule has 0 saturated heterocycles. The minimum Gasteiger partial charge on any atom is -0.354 e. The molecule has 0 saturated carbocycles. The van der Waals surface area contributed by atoms with Crippen LogP contribution in [-0.4, -0.2) is 33.2 Å². The maximum absolute atomic E-state index is 12.1. The van der Waals surface area contributed by atoms with Crippen LogP contribution in [-0.2, 0) is 14.8 Å². The van der Waals surface area contributed by atoms with E-state index in [-0.39, 0.29) is 11.9 Å². The highest BCUT2D eigenvalue weighted by Gasteiger charge is 2.18. The van der Waals surface area contributed by atoms with E-state index in [4.69, 9.17) is 0 Å². The van der Waals surface area contributed by atoms with Gasteiger partial charge in [-0.1, -0.05) is 13.0 Å². The van der Waals surface area contributed by atoms with Crippen molar-refractivity contribution in [2.24, 2.45) is 0 Å². The molecule has 0 aliphatic heterocycles. The Hall–Kier alpha value is -1.56. The molecule has 0 heterocycles. The van der Waals surface area contributed by atoms with E-state index in [1.807, 2.05) is 45.9 Å². The lowest BCUT2D eigenvalue weighted by Gasteiger charge is -2.23. The Morgan fingerprint density at radius 1 is 1.22 bits per heavy atom. The van der Waals surface area contributed by atoms with Crippen molar-refractivity contribution in [1.82, 2.24) is 5.32 Å². The summed E-state index contributed by atoms with van der Waals surface area (Å²) < 4.78 is 25.5. The van der Waals surface area contributed by atoms with Crippen LogP contribution in [0.1, 0.15) is 44.2 Å². The minimum absolute atomic E-state index is 0.0341. The van der Waals surface area contributed by atoms with E-state index in [0.29, 0.717) is 25.1 Å². The van der Waals surface area contributed by atoms with Gasteiger partial charge in [0.2, 0.25) is 15.9 Å². The summed E-state index contributed by atoms with van der Waals surface area (Å²) in [6.07, 6.45) is 2.89. The summed E-state index contributed by atoms with van der Waals surface area (Å²) in [5, 5.41) is 2.89. The van der Waals surface area contributed by atoms with E-state index in [0.717, 1.165) is 17.5 Å². The number of carbonyl (C=O) groups is 1. The molecule has 23 heavy (non-hydrogen) atoms. The predicted octanol–water partition coefficient (Wildman–Crippen LogP) is 2.76. The van der Waals surface area contributed by atoms with Gasteiger partial charge in [0.05, 0.1) is 11.9 Å². The highest BCUT2D eigenvalue weighted by Crippen LogP contribution is 2.21. The first kappa shape index (κ1) is 19.5. The number of aryl methyl sites for hydroxylation is 2. The van der Waals surface area contributed by atoms with Gasteiger partial charge in [-0.15, -0.1) is 0 Å². The first-order valence-electron chi connectivity index (χ1n) is 7.99. The topological polar surface area (TPSA) is 66.5 Å². The molecule has 1 aromatic rings. The van der Waals surface area contributed by atoms with Crippen LogP contribution in [0.4, 0.5) is 5.69 Å². The van der Waals surface area contributed by atoms with Gasteiger partial charge in [0, 0.05) is 19.0 Å². The summed E-state index contributed by atoms with van der Waals surface area (Å²) in [6, 6.07) is 5.86. The average Bonchev–Trinajstić information content (AvgIpc) is 2.40. The first-order chi connectivity index (χ1) is 10.6. The number of nitrogens with one attached hydrogen (secondary N) is 1. The Morgan fingerprint density at radius 2 is 1.78 bits per heavy atom. The molecule has 6 heteroatoms. The molecule has 0 aromatic heterocycles. The summed E-state index contributed by atoms with van der Waals surface area (Å²) in [5.74, 6) is -0.0341. The number of amides is 1. The van der Waals surface area contributed by atoms with Crippen molar-refractivity contribution >= 4 is 21.6 Å². The van der Waals surface area contributed by atoms with Crippen molar-refractivity contribution < 1.29 is 13.2 Å². The molecule has 1 N–H and O–H groups in total. The molecule has 0 aliphatic rings. The largest absolute Gasteiger partial charge is 0.354 e. The van der Waals surface area contributed by atoms with Crippen LogP contribution in [0.5, 0.6) is 0 Å². The van der Waals surface area contributed by atoms with E-state index in [2.05, 4.69) is 5.32 Å². The third kappa shape index (κ3) is 6.60. The predicted molar refractivity (Wildman–Crippen MR) is 95.2 cm³/mol. The van der Waals surface area contributed by atoms with Gasteiger partial charge in [-0.3, -0.25) is 9.10 Å². The fourth-order valence-corrected chi connectivity index (χ4v) is 3.36. The maximum atomic E-state index is 12.1. The number of sulfonamides is 1. The number of anilines is 1. The average molecular weight is 340 g/mol. The van der Waals surface area contributed by atoms with Gasteiger partial charge in [-0.05, 0) is 56.9 Å². The molecule has 130 valence electrons. The number of rotatable bonds is 8. The van der Waals surface area contributed by atoms with Gasteiger partial charge < -0.3 is 5.32 Å². The lowest BCUT2D eigenvalue weighted by Crippen LogP contribution is -2.34. The van der Waals surface area contributed by atoms with Crippen molar-refractivity contribution in [1.29, 1.82) is 0 Å². The summed E-state index contributed by atoms with van der Waals surface area (Å²) in [6.45, 7) is 8.15. The van der Waals surface area contributed by atoms with Crippen LogP contribution in [0.3, 0.4) is 0 Å². The number of hydrogen-bond acceptors (Lipinski definition) is 3. The molecule has 0 radical (unpaired) electrons. The number of carbonyl (C=O) groups excluding carboxylic acids is 1. The van der Waals surface area contributed by atoms with Crippen molar-refractivity contribution in [3.05, 3.63) is 29.3 Å². The monoisotopic (exact) mass is 340 g/mol. The Balaban J connectivity index is 2.76. The van der Waals surface area contributed by atoms with Crippen LogP contribution >= 0.6 is 0 Å². The normalized spacial score (nSPS) is 12.7. The first-order valence-corrected chi connectivity index (χ1v) is 9.83. The molecule has 1 aromatic carbocycles. The molecule has 0 spiro atoms. The van der Waals surface area contributed by atoms with Crippen LogP contribution in [0.2, 0.25) is 0 Å². The molecule has 0 aliphatic carbocycles. The van der Waals surface area contributed by atoms with Gasteiger partial charge in [0.1, 0.15) is 0 Å². The Bertz CT molecular complexity index is 621. The third-order valence-corrected chi connectivity index (χ3v) is 4.87. The van der Waals surface area contributed by atoms with Crippen LogP contribution in [0.25, 0.3) is 0 Å². The summed E-state index contributed by atoms with van der Waals surface area (Å²) in [7, 11) is -3.38. The molecule has 0 bridgehead atoms. The smallest absolute Gasteiger partial charge is 0.232 e. The second-order valence-corrected chi connectivity index (χ2v) is 8.07. The van der Waals surface area contributed by atoms with Gasteiger partial charge in [0.25, 0.3) is 0 Å². The molecule has 0 fully saturated rings. The molecule has 1 amide bonds. The molecule has 0 unspecified atom stereocenters. The number of nitrogens with zero attached hydrogens (tertiary/aromatic N) is 1. The molecule has 1 atom stereocenters. The van der Waals surface area contributed by atoms with Gasteiger partial charge in [-0.25, -0.2) is 8.42 Å². The van der Waals surface area contributed by atoms with Crippen molar-refractivity contribution in [2.45, 2.75) is 53.0 Å². The van der Waals surface area contributed by atoms with Crippen LogP contribution < -0.4 is 9.62 Å². The van der Waals surface area contributed by atoms with Gasteiger partial charge in [-0.2, -0.15) is 0 Å². The van der Waals surface area contributed by atoms with Crippen molar-refractivity contribution in [3.63, 3.8) is 0 Å². The molecular formula is C17H28N2O3S. The lowest BCUT2D eigenvalue weighted by atomic mass is 10.1. The third-order valence-electron chi connectivity index (χ3n) is 3.68. The number of benzene rings is 1. The minimum atomic E-state index is -3.38. The summed E-state index contributed by atoms with van der Waals surface area (Å²) >= 11 is 0. The van der Waals surface area contributed by atoms with E-state index < -0.39 is 10.0 Å². The zero-order valence-electron chi connectivity index (χ0n) is 14.7. The summed E-state index contributed by atoms with van der Waals surface area (Å²) in [5.41, 5.74) is 2.69. The Morgan fingerprint density at radius 3 is 2.26 bits per heavy atom. The van der Waals surface area contributed by atoms with Crippen LogP contribution in [0, 0.1) is 13.8 Å². The van der Waals surface area contributed by atoms with Crippen molar-refractivity contribution in [3.8, 4) is 0 Å². The Labute approximate surface area is 140 Å². The SMILES string of the molecule is CC[C@@H](C)NC(=O)CCCN(c1cc(C)cc(C)c1)S(C)(=O)=O. The zero-order chi connectivity index (χ0) is 17.6. The summed E-state index contributed by atoms with van der Waals surface area (Å²) in [4.78, 5) is 11.8. The van der Waals surface area contributed by atoms with Gasteiger partial charge in [0.15, 0.2) is 0 Å². The Kier molecular flexibility index (Phi) is 7.06. The fraction of sp³-hybridized carbons (Fsp3) is 0.588. The molecule has 5 nitrogen and oxygen atoms in total. The second-order valence-electron chi connectivity index (χ2n) is 6.16. The van der Waals surface area contributed by atoms with Gasteiger partial charge >= 0.3 is 0 Å². The van der Waals surface area contributed by atoms with Crippen LogP contribution in [0.15, 0.2) is 18.2 Å².